The Kier molecular flexibility index (Phi) is 10.1. The summed E-state index contributed by atoms with van der Waals surface area (Å²) in [5, 5.41) is 0. The molecule has 0 atom stereocenters. The first kappa shape index (κ1) is 24.5. The Labute approximate surface area is 187 Å². The van der Waals surface area contributed by atoms with Gasteiger partial charge in [-0.25, -0.2) is 4.79 Å². The van der Waals surface area contributed by atoms with Gasteiger partial charge in [-0.3, -0.25) is 4.90 Å². The van der Waals surface area contributed by atoms with Gasteiger partial charge in [0.2, 0.25) is 0 Å². The molecule has 0 spiro atoms. The molecule has 1 fully saturated rings. The lowest BCUT2D eigenvalue weighted by Crippen LogP contribution is -2.46. The highest BCUT2D eigenvalue weighted by Crippen LogP contribution is 2.24. The number of anilines is 1. The van der Waals surface area contributed by atoms with E-state index in [0.717, 1.165) is 49.7 Å². The lowest BCUT2D eigenvalue weighted by Gasteiger charge is -2.36. The fourth-order valence-electron chi connectivity index (χ4n) is 3.49. The Hall–Kier alpha value is -2.79. The maximum Gasteiger partial charge on any atom is 0.330 e. The second kappa shape index (κ2) is 12.8. The van der Waals surface area contributed by atoms with Crippen LogP contribution in [0.3, 0.4) is 0 Å². The fraction of sp³-hybridized carbons (Fsp3) is 0.423. The molecule has 1 aliphatic rings. The molecular formula is C26H36N2O3. The number of hydrogen-bond acceptors (Lipinski definition) is 5. The van der Waals surface area contributed by atoms with Crippen LogP contribution in [0.15, 0.2) is 54.6 Å². The second-order valence-electron chi connectivity index (χ2n) is 7.49. The number of hydrogen-bond donors (Lipinski definition) is 0. The summed E-state index contributed by atoms with van der Waals surface area (Å²) in [6, 6.07) is 16.6. The smallest absolute Gasteiger partial charge is 0.330 e. The fourth-order valence-corrected chi connectivity index (χ4v) is 3.49. The standard InChI is InChI=1S/C24H30N2O3.C2H6/c1-19(2)29-22-11-8-20(9-12-22)18-25-14-16-26(17-15-25)23-7-5-4-6-21(23)10-13-24(27)28-3;1-2/h4-13,19H,14-18H2,1-3H3;1-2H3/b13-10+;. The highest BCUT2D eigenvalue weighted by molar-refractivity contribution is 5.88. The van der Waals surface area contributed by atoms with Crippen molar-refractivity contribution in [1.29, 1.82) is 0 Å². The van der Waals surface area contributed by atoms with Crippen LogP contribution in [0.4, 0.5) is 5.69 Å². The molecule has 0 radical (unpaired) electrons. The van der Waals surface area contributed by atoms with E-state index in [-0.39, 0.29) is 12.1 Å². The van der Waals surface area contributed by atoms with Gasteiger partial charge in [0.25, 0.3) is 0 Å². The van der Waals surface area contributed by atoms with Gasteiger partial charge < -0.3 is 14.4 Å². The number of para-hydroxylation sites is 1. The third kappa shape index (κ3) is 7.76. The molecule has 0 aliphatic carbocycles. The van der Waals surface area contributed by atoms with Gasteiger partial charge in [0.05, 0.1) is 13.2 Å². The molecule has 1 saturated heterocycles. The van der Waals surface area contributed by atoms with Crippen LogP contribution in [0, 0.1) is 0 Å². The van der Waals surface area contributed by atoms with Gasteiger partial charge in [-0.05, 0) is 49.2 Å². The van der Waals surface area contributed by atoms with Gasteiger partial charge in [-0.1, -0.05) is 44.2 Å². The molecule has 2 aromatic rings. The summed E-state index contributed by atoms with van der Waals surface area (Å²) in [5.74, 6) is 0.583. The van der Waals surface area contributed by atoms with Crippen molar-refractivity contribution in [2.24, 2.45) is 0 Å². The summed E-state index contributed by atoms with van der Waals surface area (Å²) < 4.78 is 10.4. The van der Waals surface area contributed by atoms with Crippen LogP contribution < -0.4 is 9.64 Å². The van der Waals surface area contributed by atoms with Crippen LogP contribution in [0.25, 0.3) is 6.08 Å². The molecule has 0 N–H and O–H groups in total. The Morgan fingerprint density at radius 2 is 1.65 bits per heavy atom. The van der Waals surface area contributed by atoms with Crippen LogP contribution in [0.5, 0.6) is 5.75 Å². The molecule has 5 nitrogen and oxygen atoms in total. The number of carbonyl (C=O) groups is 1. The van der Waals surface area contributed by atoms with Crippen molar-refractivity contribution in [2.45, 2.75) is 40.3 Å². The Balaban J connectivity index is 0.00000166. The summed E-state index contributed by atoms with van der Waals surface area (Å²) in [4.78, 5) is 16.3. The molecule has 168 valence electrons. The van der Waals surface area contributed by atoms with Crippen LogP contribution in [0.2, 0.25) is 0 Å². The Morgan fingerprint density at radius 1 is 1.00 bits per heavy atom. The maximum absolute atomic E-state index is 11.4. The lowest BCUT2D eigenvalue weighted by atomic mass is 10.1. The van der Waals surface area contributed by atoms with Crippen molar-refractivity contribution in [2.75, 3.05) is 38.2 Å². The molecule has 0 saturated carbocycles. The SMILES string of the molecule is CC.COC(=O)/C=C/c1ccccc1N1CCN(Cc2ccc(OC(C)C)cc2)CC1. The van der Waals surface area contributed by atoms with E-state index >= 15 is 0 Å². The second-order valence-corrected chi connectivity index (χ2v) is 7.49. The number of esters is 1. The average molecular weight is 425 g/mol. The summed E-state index contributed by atoms with van der Waals surface area (Å²) in [5.41, 5.74) is 3.49. The van der Waals surface area contributed by atoms with Gasteiger partial charge in [0.15, 0.2) is 0 Å². The van der Waals surface area contributed by atoms with Crippen molar-refractivity contribution in [3.8, 4) is 5.75 Å². The number of rotatable bonds is 7. The molecule has 1 aliphatic heterocycles. The zero-order valence-corrected chi connectivity index (χ0v) is 19.5. The van der Waals surface area contributed by atoms with Gasteiger partial charge in [-0.2, -0.15) is 0 Å². The molecule has 1 heterocycles. The van der Waals surface area contributed by atoms with E-state index in [1.807, 2.05) is 52.0 Å². The topological polar surface area (TPSA) is 42.0 Å². The molecule has 0 unspecified atom stereocenters. The van der Waals surface area contributed by atoms with Crippen molar-refractivity contribution in [3.63, 3.8) is 0 Å². The minimum Gasteiger partial charge on any atom is -0.491 e. The predicted molar refractivity (Wildman–Crippen MR) is 129 cm³/mol. The molecule has 0 amide bonds. The maximum atomic E-state index is 11.4. The first-order chi connectivity index (χ1) is 15.0. The van der Waals surface area contributed by atoms with Gasteiger partial charge in [0, 0.05) is 44.5 Å². The third-order valence-corrected chi connectivity index (χ3v) is 4.95. The largest absolute Gasteiger partial charge is 0.491 e. The van der Waals surface area contributed by atoms with Crippen LogP contribution in [-0.4, -0.2) is 50.3 Å². The van der Waals surface area contributed by atoms with Crippen LogP contribution >= 0.6 is 0 Å². The molecule has 0 aromatic heterocycles. The Bertz CT molecular complexity index is 823. The number of ether oxygens (including phenoxy) is 2. The summed E-state index contributed by atoms with van der Waals surface area (Å²) in [6.45, 7) is 12.9. The minimum absolute atomic E-state index is 0.194. The quantitative estimate of drug-likeness (QED) is 0.462. The van der Waals surface area contributed by atoms with Crippen molar-refractivity contribution >= 4 is 17.7 Å². The first-order valence-corrected chi connectivity index (χ1v) is 11.1. The van der Waals surface area contributed by atoms with Crippen LogP contribution in [0.1, 0.15) is 38.8 Å². The monoisotopic (exact) mass is 424 g/mol. The summed E-state index contributed by atoms with van der Waals surface area (Å²) in [7, 11) is 1.39. The zero-order valence-electron chi connectivity index (χ0n) is 19.5. The molecular weight excluding hydrogens is 388 g/mol. The van der Waals surface area contributed by atoms with Crippen molar-refractivity contribution in [3.05, 3.63) is 65.7 Å². The summed E-state index contributed by atoms with van der Waals surface area (Å²) in [6.07, 6.45) is 3.50. The van der Waals surface area contributed by atoms with E-state index in [2.05, 4.69) is 40.1 Å². The number of piperazine rings is 1. The number of carbonyl (C=O) groups excluding carboxylic acids is 1. The molecule has 0 bridgehead atoms. The van der Waals surface area contributed by atoms with Crippen molar-refractivity contribution in [1.82, 2.24) is 4.90 Å². The van der Waals surface area contributed by atoms with Gasteiger partial charge >= 0.3 is 5.97 Å². The molecule has 2 aromatic carbocycles. The van der Waals surface area contributed by atoms with Gasteiger partial charge in [-0.15, -0.1) is 0 Å². The van der Waals surface area contributed by atoms with E-state index in [4.69, 9.17) is 9.47 Å². The highest BCUT2D eigenvalue weighted by Gasteiger charge is 2.18. The first-order valence-electron chi connectivity index (χ1n) is 11.1. The number of nitrogens with zero attached hydrogens (tertiary/aromatic N) is 2. The average Bonchev–Trinajstić information content (AvgIpc) is 2.80. The van der Waals surface area contributed by atoms with E-state index in [0.29, 0.717) is 0 Å². The predicted octanol–water partition coefficient (Wildman–Crippen LogP) is 5.01. The van der Waals surface area contributed by atoms with Crippen molar-refractivity contribution < 1.29 is 14.3 Å². The summed E-state index contributed by atoms with van der Waals surface area (Å²) >= 11 is 0. The van der Waals surface area contributed by atoms with E-state index < -0.39 is 0 Å². The number of benzene rings is 2. The molecule has 3 rings (SSSR count). The van der Waals surface area contributed by atoms with E-state index in [9.17, 15) is 4.79 Å². The van der Waals surface area contributed by atoms with Gasteiger partial charge in [0.1, 0.15) is 5.75 Å². The minimum atomic E-state index is -0.338. The van der Waals surface area contributed by atoms with E-state index in [1.54, 1.807) is 0 Å². The lowest BCUT2D eigenvalue weighted by molar-refractivity contribution is -0.134. The normalized spacial score (nSPS) is 14.3. The molecule has 5 heteroatoms. The third-order valence-electron chi connectivity index (χ3n) is 4.95. The molecule has 31 heavy (non-hydrogen) atoms. The Morgan fingerprint density at radius 3 is 2.26 bits per heavy atom. The van der Waals surface area contributed by atoms with Crippen LogP contribution in [-0.2, 0) is 16.1 Å². The zero-order chi connectivity index (χ0) is 22.6. The van der Waals surface area contributed by atoms with E-state index in [1.165, 1.54) is 18.7 Å². The highest BCUT2D eigenvalue weighted by atomic mass is 16.5. The number of methoxy groups -OCH3 is 1.